The zero-order valence-electron chi connectivity index (χ0n) is 15.4. The molecule has 0 unspecified atom stereocenters. The molecule has 1 aromatic heterocycles. The summed E-state index contributed by atoms with van der Waals surface area (Å²) in [4.78, 5) is 24.3. The van der Waals surface area contributed by atoms with Gasteiger partial charge in [-0.3, -0.25) is 9.59 Å². The van der Waals surface area contributed by atoms with Gasteiger partial charge in [-0.05, 0) is 38.0 Å². The second kappa shape index (κ2) is 8.88. The molecule has 28 heavy (non-hydrogen) atoms. The zero-order valence-corrected chi connectivity index (χ0v) is 16.1. The van der Waals surface area contributed by atoms with E-state index >= 15 is 0 Å². The minimum Gasteiger partial charge on any atom is -0.492 e. The summed E-state index contributed by atoms with van der Waals surface area (Å²) in [5, 5.41) is 17.3. The molecule has 0 atom stereocenters. The van der Waals surface area contributed by atoms with Gasteiger partial charge in [0, 0.05) is 12.6 Å². The number of aryl methyl sites for hydroxylation is 2. The lowest BCUT2D eigenvalue weighted by molar-refractivity contribution is -0.136. The Morgan fingerprint density at radius 1 is 1.36 bits per heavy atom. The smallest absolute Gasteiger partial charge is 0.305 e. The Balaban J connectivity index is 1.63. The topological polar surface area (TPSA) is 102 Å². The van der Waals surface area contributed by atoms with Crippen LogP contribution in [0.3, 0.4) is 0 Å². The predicted octanol–water partition coefficient (Wildman–Crippen LogP) is 2.65. The summed E-state index contributed by atoms with van der Waals surface area (Å²) in [6.07, 6.45) is 1.29. The summed E-state index contributed by atoms with van der Waals surface area (Å²) >= 11 is 6.29. The van der Waals surface area contributed by atoms with Crippen LogP contribution in [0.25, 0.3) is 0 Å². The summed E-state index contributed by atoms with van der Waals surface area (Å²) < 4.78 is 11.2. The number of carboxylic acids is 1. The number of halogens is 1. The highest BCUT2D eigenvalue weighted by Gasteiger charge is 2.27. The Morgan fingerprint density at radius 2 is 2.18 bits per heavy atom. The summed E-state index contributed by atoms with van der Waals surface area (Å²) in [5.74, 6) is -0.403. The van der Waals surface area contributed by atoms with E-state index < -0.39 is 5.97 Å². The molecule has 2 aromatic rings. The molecule has 0 fully saturated rings. The van der Waals surface area contributed by atoms with Crippen molar-refractivity contribution in [3.8, 4) is 11.5 Å². The molecule has 0 saturated heterocycles. The van der Waals surface area contributed by atoms with Crippen molar-refractivity contribution in [2.24, 2.45) is 0 Å². The number of aromatic nitrogens is 2. The molecule has 1 amide bonds. The largest absolute Gasteiger partial charge is 0.492 e. The maximum Gasteiger partial charge on any atom is 0.305 e. The van der Waals surface area contributed by atoms with Gasteiger partial charge in [-0.2, -0.15) is 10.2 Å². The second-order valence-corrected chi connectivity index (χ2v) is 6.75. The molecular weight excluding hydrogens is 386 g/mol. The first kappa shape index (κ1) is 19.9. The molecule has 0 aliphatic carbocycles. The van der Waals surface area contributed by atoms with Crippen LogP contribution in [0.1, 0.15) is 24.2 Å². The fourth-order valence-electron chi connectivity index (χ4n) is 2.76. The van der Waals surface area contributed by atoms with Crippen molar-refractivity contribution in [1.82, 2.24) is 10.2 Å². The molecule has 0 saturated carbocycles. The van der Waals surface area contributed by atoms with Crippen molar-refractivity contribution in [3.63, 3.8) is 0 Å². The predicted molar refractivity (Wildman–Crippen MR) is 102 cm³/mol. The third-order valence-corrected chi connectivity index (χ3v) is 4.49. The van der Waals surface area contributed by atoms with Crippen LogP contribution in [0.2, 0.25) is 5.02 Å². The Labute approximate surface area is 167 Å². The van der Waals surface area contributed by atoms with Gasteiger partial charge in [0.1, 0.15) is 11.5 Å². The number of benzene rings is 1. The van der Waals surface area contributed by atoms with Gasteiger partial charge in [-0.1, -0.05) is 11.6 Å². The van der Waals surface area contributed by atoms with Crippen molar-refractivity contribution in [2.75, 3.05) is 24.7 Å². The molecule has 2 heterocycles. The molecule has 0 radical (unpaired) electrons. The van der Waals surface area contributed by atoms with E-state index in [1.54, 1.807) is 12.1 Å². The molecule has 3 rings (SSSR count). The minimum absolute atomic E-state index is 0.0542. The second-order valence-electron chi connectivity index (χ2n) is 6.35. The average molecular weight is 406 g/mol. The normalized spacial score (nSPS) is 13.1. The first-order valence-corrected chi connectivity index (χ1v) is 9.22. The quantitative estimate of drug-likeness (QED) is 0.673. The number of ether oxygens (including phenoxy) is 2. The molecule has 0 spiro atoms. The fourth-order valence-corrected chi connectivity index (χ4v) is 2.97. The van der Waals surface area contributed by atoms with Crippen molar-refractivity contribution >= 4 is 29.2 Å². The lowest BCUT2D eigenvalue weighted by atomic mass is 10.2. The number of carboxylic acid groups (broad SMARTS) is 1. The number of amides is 1. The van der Waals surface area contributed by atoms with Gasteiger partial charge in [0.2, 0.25) is 0 Å². The van der Waals surface area contributed by atoms with Crippen LogP contribution in [0, 0.1) is 6.92 Å². The van der Waals surface area contributed by atoms with Crippen LogP contribution in [0.15, 0.2) is 24.3 Å². The molecule has 8 nitrogen and oxygen atoms in total. The van der Waals surface area contributed by atoms with E-state index in [4.69, 9.17) is 26.2 Å². The van der Waals surface area contributed by atoms with Gasteiger partial charge in [0.25, 0.3) is 5.91 Å². The van der Waals surface area contributed by atoms with Crippen LogP contribution in [0.5, 0.6) is 11.5 Å². The van der Waals surface area contributed by atoms with Crippen molar-refractivity contribution in [1.29, 1.82) is 0 Å². The van der Waals surface area contributed by atoms with E-state index in [0.29, 0.717) is 28.8 Å². The monoisotopic (exact) mass is 405 g/mol. The molecule has 1 N–H and O–H groups in total. The van der Waals surface area contributed by atoms with E-state index in [-0.39, 0.29) is 25.5 Å². The number of hydrogen-bond donors (Lipinski definition) is 1. The van der Waals surface area contributed by atoms with E-state index in [2.05, 4.69) is 10.2 Å². The minimum atomic E-state index is -0.981. The van der Waals surface area contributed by atoms with Gasteiger partial charge in [-0.25, -0.2) is 0 Å². The van der Waals surface area contributed by atoms with Gasteiger partial charge in [-0.15, -0.1) is 0 Å². The number of carbonyl (C=O) groups excluding carboxylic acids is 1. The first-order chi connectivity index (χ1) is 13.4. The lowest BCUT2D eigenvalue weighted by Crippen LogP contribution is -2.40. The summed E-state index contributed by atoms with van der Waals surface area (Å²) in [7, 11) is 0. The van der Waals surface area contributed by atoms with Crippen LogP contribution < -0.4 is 14.4 Å². The number of fused-ring (bicyclic) bond motifs is 1. The summed E-state index contributed by atoms with van der Waals surface area (Å²) in [5.41, 5.74) is 2.21. The Kier molecular flexibility index (Phi) is 6.30. The van der Waals surface area contributed by atoms with Crippen molar-refractivity contribution < 1.29 is 24.2 Å². The van der Waals surface area contributed by atoms with Crippen molar-refractivity contribution in [3.05, 3.63) is 40.7 Å². The number of hydrogen-bond acceptors (Lipinski definition) is 6. The fraction of sp³-hybridized carbons (Fsp3) is 0.368. The first-order valence-electron chi connectivity index (χ1n) is 8.84. The Morgan fingerprint density at radius 3 is 2.89 bits per heavy atom. The summed E-state index contributed by atoms with van der Waals surface area (Å²) in [6.45, 7) is 2.21. The van der Waals surface area contributed by atoms with Gasteiger partial charge in [0.15, 0.2) is 6.61 Å². The van der Waals surface area contributed by atoms with E-state index in [1.807, 2.05) is 19.1 Å². The number of rotatable bonds is 8. The summed E-state index contributed by atoms with van der Waals surface area (Å²) in [6, 6.07) is 7.04. The van der Waals surface area contributed by atoms with Gasteiger partial charge in [0.05, 0.1) is 35.1 Å². The Bertz CT molecular complexity index is 873. The average Bonchev–Trinajstić information content (AvgIpc) is 2.66. The SMILES string of the molecule is Cc1ccc(CCCOc2cc3c(cc2Cl)N(CCC(=O)O)C(=O)CO3)nn1. The number of nitrogens with zero attached hydrogens (tertiary/aromatic N) is 3. The molecule has 1 aliphatic heterocycles. The van der Waals surface area contributed by atoms with E-state index in [9.17, 15) is 9.59 Å². The van der Waals surface area contributed by atoms with E-state index in [0.717, 1.165) is 24.2 Å². The van der Waals surface area contributed by atoms with Crippen LogP contribution in [0.4, 0.5) is 5.69 Å². The highest BCUT2D eigenvalue weighted by atomic mass is 35.5. The highest BCUT2D eigenvalue weighted by molar-refractivity contribution is 6.32. The highest BCUT2D eigenvalue weighted by Crippen LogP contribution is 2.40. The molecular formula is C19H20ClN3O5. The van der Waals surface area contributed by atoms with Gasteiger partial charge < -0.3 is 19.5 Å². The molecule has 9 heteroatoms. The third-order valence-electron chi connectivity index (χ3n) is 4.19. The van der Waals surface area contributed by atoms with Crippen LogP contribution in [-0.2, 0) is 16.0 Å². The molecule has 148 valence electrons. The maximum absolute atomic E-state index is 12.1. The maximum atomic E-state index is 12.1. The number of aliphatic carboxylic acids is 1. The molecule has 0 bridgehead atoms. The van der Waals surface area contributed by atoms with Crippen LogP contribution in [-0.4, -0.2) is 46.9 Å². The van der Waals surface area contributed by atoms with Crippen molar-refractivity contribution in [2.45, 2.75) is 26.2 Å². The van der Waals surface area contributed by atoms with Crippen LogP contribution >= 0.6 is 11.6 Å². The lowest BCUT2D eigenvalue weighted by Gasteiger charge is -2.29. The number of carbonyl (C=O) groups is 2. The number of anilines is 1. The molecule has 1 aromatic carbocycles. The Hall–Kier alpha value is -2.87. The third kappa shape index (κ3) is 4.89. The standard InChI is InChI=1S/C19H20ClN3O5/c1-12-4-5-13(22-21-12)3-2-8-27-16-10-17-15(9-14(16)20)23(7-6-19(25)26)18(24)11-28-17/h4-5,9-10H,2-3,6-8,11H2,1H3,(H,25,26). The zero-order chi connectivity index (χ0) is 20.1. The molecule has 1 aliphatic rings. The van der Waals surface area contributed by atoms with E-state index in [1.165, 1.54) is 4.90 Å². The van der Waals surface area contributed by atoms with Gasteiger partial charge >= 0.3 is 5.97 Å².